The molecule has 0 amide bonds. The zero-order valence-electron chi connectivity index (χ0n) is 16.7. The number of hydrogen-bond acceptors (Lipinski definition) is 6. The Morgan fingerprint density at radius 1 is 1.10 bits per heavy atom. The Balaban J connectivity index is 2.19. The van der Waals surface area contributed by atoms with Crippen LogP contribution >= 0.6 is 11.6 Å². The van der Waals surface area contributed by atoms with Gasteiger partial charge in [-0.25, -0.2) is 9.79 Å². The average Bonchev–Trinajstić information content (AvgIpc) is 3.12. The minimum Gasteiger partial charge on any atom is -0.465 e. The Hall–Kier alpha value is -2.67. The van der Waals surface area contributed by atoms with Crippen LogP contribution in [0.2, 0.25) is 5.02 Å². The van der Waals surface area contributed by atoms with E-state index in [4.69, 9.17) is 21.1 Å². The minimum absolute atomic E-state index is 0.229. The molecule has 1 aliphatic rings. The molecule has 154 valence electrons. The molecule has 1 aliphatic heterocycles. The maximum absolute atomic E-state index is 13.0. The predicted molar refractivity (Wildman–Crippen MR) is 110 cm³/mol. The standard InChI is InChI=1S/C21H24ClN3O4/c1-4-9-16-18(20(26)28-5-2)17(13-10-7-8-11-15(13)22)14-12-25(21(27)29-6-3)24-19(14)23-16/h7-8,10-12,17-18H,4-6,9H2,1-3H3. The Kier molecular flexibility index (Phi) is 6.69. The zero-order valence-corrected chi connectivity index (χ0v) is 17.5. The van der Waals surface area contributed by atoms with Crippen LogP contribution in [0.15, 0.2) is 35.5 Å². The molecule has 7 nitrogen and oxygen atoms in total. The number of carbonyl (C=O) groups is 2. The van der Waals surface area contributed by atoms with Crippen LogP contribution in [0.25, 0.3) is 0 Å². The molecule has 0 saturated carbocycles. The van der Waals surface area contributed by atoms with E-state index >= 15 is 0 Å². The minimum atomic E-state index is -0.637. The molecule has 0 N–H and O–H groups in total. The second kappa shape index (κ2) is 9.22. The lowest BCUT2D eigenvalue weighted by molar-refractivity contribution is -0.146. The third kappa shape index (κ3) is 4.19. The van der Waals surface area contributed by atoms with Gasteiger partial charge in [0, 0.05) is 28.4 Å². The molecule has 2 aromatic rings. The monoisotopic (exact) mass is 417 g/mol. The third-order valence-corrected chi connectivity index (χ3v) is 5.08. The molecule has 0 saturated heterocycles. The van der Waals surface area contributed by atoms with Gasteiger partial charge >= 0.3 is 12.1 Å². The first-order chi connectivity index (χ1) is 14.0. The van der Waals surface area contributed by atoms with Crippen LogP contribution < -0.4 is 0 Å². The van der Waals surface area contributed by atoms with E-state index in [-0.39, 0.29) is 19.2 Å². The van der Waals surface area contributed by atoms with Gasteiger partial charge in [0.15, 0.2) is 5.82 Å². The van der Waals surface area contributed by atoms with Gasteiger partial charge in [-0.2, -0.15) is 4.68 Å². The molecule has 1 aromatic carbocycles. The first-order valence-corrected chi connectivity index (χ1v) is 10.1. The van der Waals surface area contributed by atoms with E-state index in [1.807, 2.05) is 25.1 Å². The van der Waals surface area contributed by atoms with Crippen LogP contribution in [0, 0.1) is 5.92 Å². The number of halogens is 1. The summed E-state index contributed by atoms with van der Waals surface area (Å²) in [6.07, 6.45) is 2.38. The van der Waals surface area contributed by atoms with E-state index in [9.17, 15) is 9.59 Å². The lowest BCUT2D eigenvalue weighted by atomic mass is 9.76. The lowest BCUT2D eigenvalue weighted by Gasteiger charge is -2.30. The van der Waals surface area contributed by atoms with E-state index < -0.39 is 17.9 Å². The van der Waals surface area contributed by atoms with Crippen LogP contribution in [0.1, 0.15) is 50.7 Å². The zero-order chi connectivity index (χ0) is 21.0. The number of hydrogen-bond donors (Lipinski definition) is 0. The molecular formula is C21H24ClN3O4. The number of carbonyl (C=O) groups excluding carboxylic acids is 2. The molecule has 2 unspecified atom stereocenters. The Morgan fingerprint density at radius 2 is 1.83 bits per heavy atom. The summed E-state index contributed by atoms with van der Waals surface area (Å²) in [6.45, 7) is 6.00. The number of nitrogens with zero attached hydrogens (tertiary/aromatic N) is 3. The van der Waals surface area contributed by atoms with E-state index in [1.165, 1.54) is 0 Å². The number of aliphatic imine (C=N–C) groups is 1. The summed E-state index contributed by atoms with van der Waals surface area (Å²) in [5.74, 6) is -1.06. The molecule has 3 rings (SSSR count). The summed E-state index contributed by atoms with van der Waals surface area (Å²) in [4.78, 5) is 29.8. The molecule has 0 spiro atoms. The fourth-order valence-corrected chi connectivity index (χ4v) is 3.84. The Morgan fingerprint density at radius 3 is 2.48 bits per heavy atom. The van der Waals surface area contributed by atoms with E-state index in [2.05, 4.69) is 10.1 Å². The number of benzene rings is 1. The molecule has 29 heavy (non-hydrogen) atoms. The summed E-state index contributed by atoms with van der Waals surface area (Å²) in [5.41, 5.74) is 2.09. The van der Waals surface area contributed by atoms with Crippen molar-refractivity contribution < 1.29 is 19.1 Å². The van der Waals surface area contributed by atoms with E-state index in [0.29, 0.717) is 28.5 Å². The number of ether oxygens (including phenoxy) is 2. The number of rotatable bonds is 6. The first-order valence-electron chi connectivity index (χ1n) is 9.76. The van der Waals surface area contributed by atoms with Crippen molar-refractivity contribution in [3.05, 3.63) is 46.6 Å². The summed E-state index contributed by atoms with van der Waals surface area (Å²) in [6, 6.07) is 7.35. The number of aromatic nitrogens is 2. The first kappa shape index (κ1) is 21.0. The number of fused-ring (bicyclic) bond motifs is 1. The Bertz CT molecular complexity index is 938. The van der Waals surface area contributed by atoms with Gasteiger partial charge in [0.25, 0.3) is 0 Å². The Labute approximate surface area is 174 Å². The van der Waals surface area contributed by atoms with Crippen molar-refractivity contribution in [3.63, 3.8) is 0 Å². The van der Waals surface area contributed by atoms with Gasteiger partial charge in [-0.3, -0.25) is 4.79 Å². The number of esters is 1. The summed E-state index contributed by atoms with van der Waals surface area (Å²) in [5, 5.41) is 4.83. The van der Waals surface area contributed by atoms with Gasteiger partial charge in [-0.1, -0.05) is 43.1 Å². The third-order valence-electron chi connectivity index (χ3n) is 4.74. The van der Waals surface area contributed by atoms with E-state index in [0.717, 1.165) is 16.7 Å². The van der Waals surface area contributed by atoms with Crippen molar-refractivity contribution in [1.29, 1.82) is 0 Å². The van der Waals surface area contributed by atoms with Crippen molar-refractivity contribution in [2.45, 2.75) is 39.5 Å². The van der Waals surface area contributed by atoms with Crippen LogP contribution in [0.5, 0.6) is 0 Å². The van der Waals surface area contributed by atoms with E-state index in [1.54, 1.807) is 26.1 Å². The smallest absolute Gasteiger partial charge is 0.434 e. The molecule has 2 heterocycles. The highest BCUT2D eigenvalue weighted by Crippen LogP contribution is 2.45. The topological polar surface area (TPSA) is 82.8 Å². The summed E-state index contributed by atoms with van der Waals surface area (Å²) < 4.78 is 11.6. The highest BCUT2D eigenvalue weighted by Gasteiger charge is 2.42. The molecule has 0 aliphatic carbocycles. The summed E-state index contributed by atoms with van der Waals surface area (Å²) >= 11 is 6.50. The van der Waals surface area contributed by atoms with Crippen molar-refractivity contribution in [2.75, 3.05) is 13.2 Å². The van der Waals surface area contributed by atoms with Crippen molar-refractivity contribution in [1.82, 2.24) is 9.78 Å². The van der Waals surface area contributed by atoms with Gasteiger partial charge in [0.2, 0.25) is 0 Å². The van der Waals surface area contributed by atoms with Gasteiger partial charge in [-0.05, 0) is 31.9 Å². The van der Waals surface area contributed by atoms with Gasteiger partial charge in [-0.15, -0.1) is 5.10 Å². The highest BCUT2D eigenvalue weighted by molar-refractivity contribution is 6.31. The molecule has 0 bridgehead atoms. The second-order valence-electron chi connectivity index (χ2n) is 6.63. The molecular weight excluding hydrogens is 394 g/mol. The van der Waals surface area contributed by atoms with Crippen LogP contribution in [-0.4, -0.2) is 40.8 Å². The van der Waals surface area contributed by atoms with Crippen molar-refractivity contribution in [2.24, 2.45) is 10.9 Å². The fraction of sp³-hybridized carbons (Fsp3) is 0.429. The maximum Gasteiger partial charge on any atom is 0.434 e. The van der Waals surface area contributed by atoms with Crippen molar-refractivity contribution in [3.8, 4) is 0 Å². The van der Waals surface area contributed by atoms with Crippen LogP contribution in [-0.2, 0) is 14.3 Å². The van der Waals surface area contributed by atoms with Gasteiger partial charge < -0.3 is 9.47 Å². The van der Waals surface area contributed by atoms with Gasteiger partial charge in [0.05, 0.1) is 13.2 Å². The second-order valence-corrected chi connectivity index (χ2v) is 7.04. The average molecular weight is 418 g/mol. The predicted octanol–water partition coefficient (Wildman–Crippen LogP) is 4.74. The summed E-state index contributed by atoms with van der Waals surface area (Å²) in [7, 11) is 0. The van der Waals surface area contributed by atoms with Gasteiger partial charge in [0.1, 0.15) is 5.92 Å². The quantitative estimate of drug-likeness (QED) is 0.634. The highest BCUT2D eigenvalue weighted by atomic mass is 35.5. The molecule has 0 fully saturated rings. The molecule has 1 aromatic heterocycles. The van der Waals surface area contributed by atoms with Crippen LogP contribution in [0.3, 0.4) is 0 Å². The van der Waals surface area contributed by atoms with Crippen molar-refractivity contribution >= 4 is 35.2 Å². The normalized spacial score (nSPS) is 18.0. The lowest BCUT2D eigenvalue weighted by Crippen LogP contribution is -2.34. The molecule has 2 atom stereocenters. The molecule has 8 heteroatoms. The maximum atomic E-state index is 13.0. The largest absolute Gasteiger partial charge is 0.465 e. The molecule has 0 radical (unpaired) electrons. The van der Waals surface area contributed by atoms with Crippen LogP contribution in [0.4, 0.5) is 10.6 Å². The SMILES string of the molecule is CCCC1=Nc2nn(C(=O)OCC)cc2C(c2ccccc2Cl)C1C(=O)OCC. The fourth-order valence-electron chi connectivity index (χ4n) is 3.59.